The van der Waals surface area contributed by atoms with Crippen molar-refractivity contribution in [2.24, 2.45) is 0 Å². The Hall–Kier alpha value is -2.36. The summed E-state index contributed by atoms with van der Waals surface area (Å²) in [5.74, 6) is 0. The molecule has 2 heterocycles. The van der Waals surface area contributed by atoms with E-state index in [4.69, 9.17) is 0 Å². The van der Waals surface area contributed by atoms with Gasteiger partial charge in [0.15, 0.2) is 0 Å². The van der Waals surface area contributed by atoms with Gasteiger partial charge in [0.1, 0.15) is 0 Å². The third kappa shape index (κ3) is 2.50. The molecule has 0 amide bonds. The number of nitrogens with one attached hydrogen (secondary N) is 1. The number of anilines is 1. The third-order valence-corrected chi connectivity index (χ3v) is 3.35. The fraction of sp³-hybridized carbons (Fsp3) is 0.250. The van der Waals surface area contributed by atoms with Crippen molar-refractivity contribution >= 4 is 16.5 Å². The maximum Gasteiger partial charge on any atom is 0.0539 e. The SMILES string of the molecule is CC(C)n1cc(CNc2cccc3ccncc23)cn1. The van der Waals surface area contributed by atoms with E-state index in [1.165, 1.54) is 10.9 Å². The van der Waals surface area contributed by atoms with Crippen LogP contribution in [-0.4, -0.2) is 14.8 Å². The van der Waals surface area contributed by atoms with Crippen LogP contribution in [-0.2, 0) is 6.54 Å². The molecule has 0 aliphatic heterocycles. The van der Waals surface area contributed by atoms with Gasteiger partial charge in [-0.25, -0.2) is 0 Å². The van der Waals surface area contributed by atoms with Crippen LogP contribution in [0.3, 0.4) is 0 Å². The van der Waals surface area contributed by atoms with Crippen molar-refractivity contribution in [3.05, 3.63) is 54.6 Å². The van der Waals surface area contributed by atoms with Crippen LogP contribution in [0.5, 0.6) is 0 Å². The quantitative estimate of drug-likeness (QED) is 0.784. The molecule has 0 fully saturated rings. The molecule has 0 atom stereocenters. The van der Waals surface area contributed by atoms with Gasteiger partial charge in [0.05, 0.1) is 6.20 Å². The summed E-state index contributed by atoms with van der Waals surface area (Å²) in [6, 6.07) is 8.65. The zero-order chi connectivity index (χ0) is 13.9. The standard InChI is InChI=1S/C16H18N4/c1-12(2)20-11-13(9-19-20)8-18-16-5-3-4-14-6-7-17-10-15(14)16/h3-7,9-12,18H,8H2,1-2H3. The summed E-state index contributed by atoms with van der Waals surface area (Å²) in [6.07, 6.45) is 7.71. The van der Waals surface area contributed by atoms with Crippen molar-refractivity contribution in [3.8, 4) is 0 Å². The highest BCUT2D eigenvalue weighted by Crippen LogP contribution is 2.22. The maximum absolute atomic E-state index is 4.35. The molecule has 1 aromatic carbocycles. The highest BCUT2D eigenvalue weighted by molar-refractivity contribution is 5.92. The second kappa shape index (κ2) is 5.33. The Balaban J connectivity index is 1.79. The summed E-state index contributed by atoms with van der Waals surface area (Å²) in [6.45, 7) is 5.02. The Morgan fingerprint density at radius 1 is 1.20 bits per heavy atom. The molecular weight excluding hydrogens is 248 g/mol. The molecule has 0 saturated heterocycles. The molecule has 4 nitrogen and oxygen atoms in total. The first-order valence-corrected chi connectivity index (χ1v) is 6.83. The van der Waals surface area contributed by atoms with E-state index in [-0.39, 0.29) is 0 Å². The molecule has 3 aromatic rings. The zero-order valence-corrected chi connectivity index (χ0v) is 11.7. The Kier molecular flexibility index (Phi) is 3.37. The van der Waals surface area contributed by atoms with Crippen LogP contribution in [0.4, 0.5) is 5.69 Å². The smallest absolute Gasteiger partial charge is 0.0539 e. The fourth-order valence-electron chi connectivity index (χ4n) is 2.22. The zero-order valence-electron chi connectivity index (χ0n) is 11.7. The van der Waals surface area contributed by atoms with Gasteiger partial charge in [-0.2, -0.15) is 5.10 Å². The van der Waals surface area contributed by atoms with E-state index in [0.29, 0.717) is 6.04 Å². The van der Waals surface area contributed by atoms with Crippen LogP contribution < -0.4 is 5.32 Å². The van der Waals surface area contributed by atoms with Gasteiger partial charge in [0.25, 0.3) is 0 Å². The molecule has 20 heavy (non-hydrogen) atoms. The van der Waals surface area contributed by atoms with E-state index >= 15 is 0 Å². The second-order valence-corrected chi connectivity index (χ2v) is 5.18. The van der Waals surface area contributed by atoms with E-state index in [9.17, 15) is 0 Å². The highest BCUT2D eigenvalue weighted by atomic mass is 15.3. The van der Waals surface area contributed by atoms with Gasteiger partial charge in [-0.15, -0.1) is 0 Å². The molecule has 1 N–H and O–H groups in total. The van der Waals surface area contributed by atoms with E-state index < -0.39 is 0 Å². The van der Waals surface area contributed by atoms with Gasteiger partial charge in [-0.05, 0) is 31.4 Å². The van der Waals surface area contributed by atoms with Crippen molar-refractivity contribution in [2.75, 3.05) is 5.32 Å². The molecule has 102 valence electrons. The molecular formula is C16H18N4. The first-order chi connectivity index (χ1) is 9.74. The molecule has 0 unspecified atom stereocenters. The molecule has 0 aliphatic rings. The van der Waals surface area contributed by atoms with Gasteiger partial charge in [0.2, 0.25) is 0 Å². The number of pyridine rings is 1. The van der Waals surface area contributed by atoms with E-state index in [1.807, 2.05) is 29.3 Å². The van der Waals surface area contributed by atoms with Gasteiger partial charge >= 0.3 is 0 Å². The minimum absolute atomic E-state index is 0.394. The van der Waals surface area contributed by atoms with Crippen molar-refractivity contribution in [2.45, 2.75) is 26.4 Å². The molecule has 0 spiro atoms. The lowest BCUT2D eigenvalue weighted by atomic mass is 10.1. The number of aromatic nitrogens is 3. The third-order valence-electron chi connectivity index (χ3n) is 3.35. The predicted octanol–water partition coefficient (Wildman–Crippen LogP) is 3.62. The van der Waals surface area contributed by atoms with Gasteiger partial charge in [0, 0.05) is 47.8 Å². The van der Waals surface area contributed by atoms with Crippen LogP contribution in [0.1, 0.15) is 25.5 Å². The summed E-state index contributed by atoms with van der Waals surface area (Å²) < 4.78 is 1.97. The number of nitrogens with zero attached hydrogens (tertiary/aromatic N) is 3. The summed E-state index contributed by atoms with van der Waals surface area (Å²) >= 11 is 0. The number of hydrogen-bond donors (Lipinski definition) is 1. The molecule has 3 rings (SSSR count). The molecule has 4 heteroatoms. The number of hydrogen-bond acceptors (Lipinski definition) is 3. The van der Waals surface area contributed by atoms with Gasteiger partial charge in [-0.3, -0.25) is 9.67 Å². The number of benzene rings is 1. The lowest BCUT2D eigenvalue weighted by Crippen LogP contribution is -2.01. The lowest BCUT2D eigenvalue weighted by Gasteiger charge is -2.08. The van der Waals surface area contributed by atoms with Crippen molar-refractivity contribution in [1.82, 2.24) is 14.8 Å². The van der Waals surface area contributed by atoms with E-state index in [2.05, 4.69) is 53.6 Å². The first kappa shape index (κ1) is 12.7. The monoisotopic (exact) mass is 266 g/mol. The molecule has 0 aliphatic carbocycles. The van der Waals surface area contributed by atoms with E-state index in [1.54, 1.807) is 0 Å². The Bertz CT molecular complexity index is 710. The lowest BCUT2D eigenvalue weighted by molar-refractivity contribution is 0.532. The molecule has 0 radical (unpaired) electrons. The molecule has 0 bridgehead atoms. The summed E-state index contributed by atoms with van der Waals surface area (Å²) in [4.78, 5) is 4.20. The highest BCUT2D eigenvalue weighted by Gasteiger charge is 2.03. The largest absolute Gasteiger partial charge is 0.380 e. The predicted molar refractivity (Wildman–Crippen MR) is 81.7 cm³/mol. The van der Waals surface area contributed by atoms with Crippen molar-refractivity contribution < 1.29 is 0 Å². The topological polar surface area (TPSA) is 42.7 Å². The Morgan fingerprint density at radius 3 is 2.90 bits per heavy atom. The minimum atomic E-state index is 0.394. The second-order valence-electron chi connectivity index (χ2n) is 5.18. The van der Waals surface area contributed by atoms with Crippen LogP contribution in [0.2, 0.25) is 0 Å². The van der Waals surface area contributed by atoms with Crippen LogP contribution in [0.25, 0.3) is 10.8 Å². The fourth-order valence-corrected chi connectivity index (χ4v) is 2.22. The van der Waals surface area contributed by atoms with Crippen molar-refractivity contribution in [3.63, 3.8) is 0 Å². The average Bonchev–Trinajstić information content (AvgIpc) is 2.94. The molecule has 2 aromatic heterocycles. The first-order valence-electron chi connectivity index (χ1n) is 6.83. The normalized spacial score (nSPS) is 11.2. The summed E-state index contributed by atoms with van der Waals surface area (Å²) in [7, 11) is 0. The van der Waals surface area contributed by atoms with Crippen molar-refractivity contribution in [1.29, 1.82) is 0 Å². The van der Waals surface area contributed by atoms with Crippen LogP contribution in [0, 0.1) is 0 Å². The van der Waals surface area contributed by atoms with Gasteiger partial charge < -0.3 is 5.32 Å². The summed E-state index contributed by atoms with van der Waals surface area (Å²) in [5.41, 5.74) is 2.28. The number of rotatable bonds is 4. The summed E-state index contributed by atoms with van der Waals surface area (Å²) in [5, 5.41) is 10.2. The average molecular weight is 266 g/mol. The number of fused-ring (bicyclic) bond motifs is 1. The molecule has 0 saturated carbocycles. The van der Waals surface area contributed by atoms with E-state index in [0.717, 1.165) is 17.6 Å². The Morgan fingerprint density at radius 2 is 2.10 bits per heavy atom. The van der Waals surface area contributed by atoms with Crippen LogP contribution >= 0.6 is 0 Å². The Labute approximate surface area is 118 Å². The van der Waals surface area contributed by atoms with Crippen LogP contribution in [0.15, 0.2) is 49.1 Å². The maximum atomic E-state index is 4.35. The minimum Gasteiger partial charge on any atom is -0.380 e. The van der Waals surface area contributed by atoms with Gasteiger partial charge in [-0.1, -0.05) is 12.1 Å².